The van der Waals surface area contributed by atoms with Gasteiger partial charge in [-0.1, -0.05) is 6.07 Å². The van der Waals surface area contributed by atoms with Gasteiger partial charge in [0.2, 0.25) is 0 Å². The molecule has 0 bridgehead atoms. The number of hydrogen-bond donors (Lipinski definition) is 1. The predicted molar refractivity (Wildman–Crippen MR) is 113 cm³/mol. The van der Waals surface area contributed by atoms with Crippen molar-refractivity contribution in [3.05, 3.63) is 83.4 Å². The van der Waals surface area contributed by atoms with Crippen LogP contribution in [0, 0.1) is 12.7 Å². The van der Waals surface area contributed by atoms with Crippen molar-refractivity contribution in [2.24, 2.45) is 5.10 Å². The van der Waals surface area contributed by atoms with Crippen LogP contribution in [0.4, 0.5) is 10.1 Å². The standard InChI is InChI=1S/C23H23FN4O/c1-17-13-22(28-11-4-5-12-28)21(24)15-19(17)16-25-26-23(29)18-7-6-8-20(14-18)27-9-2-3-10-27/h2-3,6-10,13-16H,4-5,11-12H2,1H3,(H,26,29). The van der Waals surface area contributed by atoms with Crippen LogP contribution in [-0.2, 0) is 0 Å². The average molecular weight is 390 g/mol. The summed E-state index contributed by atoms with van der Waals surface area (Å²) in [5.74, 6) is -0.577. The van der Waals surface area contributed by atoms with E-state index in [0.717, 1.165) is 37.2 Å². The maximum absolute atomic E-state index is 14.5. The monoisotopic (exact) mass is 390 g/mol. The van der Waals surface area contributed by atoms with E-state index in [-0.39, 0.29) is 11.7 Å². The molecule has 0 aliphatic carbocycles. The van der Waals surface area contributed by atoms with Crippen molar-refractivity contribution in [3.63, 3.8) is 0 Å². The summed E-state index contributed by atoms with van der Waals surface area (Å²) in [4.78, 5) is 14.5. The van der Waals surface area contributed by atoms with Gasteiger partial charge in [0.25, 0.3) is 5.91 Å². The third-order valence-corrected chi connectivity index (χ3v) is 5.16. The smallest absolute Gasteiger partial charge is 0.271 e. The molecule has 0 atom stereocenters. The minimum atomic E-state index is -0.318. The van der Waals surface area contributed by atoms with E-state index in [1.807, 2.05) is 54.2 Å². The molecule has 1 aliphatic heterocycles. The SMILES string of the molecule is Cc1cc(N2CCCC2)c(F)cc1C=NNC(=O)c1cccc(-n2cccc2)c1. The first-order chi connectivity index (χ1) is 14.1. The molecule has 29 heavy (non-hydrogen) atoms. The minimum absolute atomic E-state index is 0.260. The van der Waals surface area contributed by atoms with Crippen LogP contribution in [0.25, 0.3) is 5.69 Å². The van der Waals surface area contributed by atoms with Gasteiger partial charge in [-0.15, -0.1) is 0 Å². The topological polar surface area (TPSA) is 49.6 Å². The van der Waals surface area contributed by atoms with Crippen molar-refractivity contribution in [2.45, 2.75) is 19.8 Å². The molecule has 1 amide bonds. The number of benzene rings is 2. The van der Waals surface area contributed by atoms with E-state index in [1.165, 1.54) is 12.3 Å². The molecule has 148 valence electrons. The first-order valence-corrected chi connectivity index (χ1v) is 9.74. The Bertz CT molecular complexity index is 1040. The van der Waals surface area contributed by atoms with Gasteiger partial charge < -0.3 is 9.47 Å². The number of carbonyl (C=O) groups is 1. The summed E-state index contributed by atoms with van der Waals surface area (Å²) >= 11 is 0. The van der Waals surface area contributed by atoms with Crippen LogP contribution in [0.3, 0.4) is 0 Å². The molecule has 4 rings (SSSR count). The van der Waals surface area contributed by atoms with E-state index in [9.17, 15) is 9.18 Å². The number of rotatable bonds is 5. The summed E-state index contributed by atoms with van der Waals surface area (Å²) < 4.78 is 16.4. The molecule has 5 nitrogen and oxygen atoms in total. The number of aryl methyl sites for hydroxylation is 1. The van der Waals surface area contributed by atoms with E-state index < -0.39 is 0 Å². The van der Waals surface area contributed by atoms with Gasteiger partial charge in [0.1, 0.15) is 5.82 Å². The minimum Gasteiger partial charge on any atom is -0.369 e. The lowest BCUT2D eigenvalue weighted by Gasteiger charge is -2.19. The molecule has 6 heteroatoms. The van der Waals surface area contributed by atoms with E-state index >= 15 is 0 Å². The second-order valence-electron chi connectivity index (χ2n) is 7.19. The van der Waals surface area contributed by atoms with Gasteiger partial charge in [-0.3, -0.25) is 4.79 Å². The molecule has 2 aromatic carbocycles. The largest absolute Gasteiger partial charge is 0.369 e. The third-order valence-electron chi connectivity index (χ3n) is 5.16. The normalized spacial score (nSPS) is 13.9. The number of hydrazone groups is 1. The Balaban J connectivity index is 1.45. The second kappa shape index (κ2) is 8.31. The van der Waals surface area contributed by atoms with Crippen LogP contribution in [0.15, 0.2) is 66.0 Å². The molecule has 0 unspecified atom stereocenters. The van der Waals surface area contributed by atoms with Gasteiger partial charge in [-0.05, 0) is 67.8 Å². The Morgan fingerprint density at radius 3 is 2.62 bits per heavy atom. The van der Waals surface area contributed by atoms with Crippen molar-refractivity contribution in [1.29, 1.82) is 0 Å². The lowest BCUT2D eigenvalue weighted by atomic mass is 10.1. The lowest BCUT2D eigenvalue weighted by molar-refractivity contribution is 0.0955. The number of anilines is 1. The fourth-order valence-electron chi connectivity index (χ4n) is 3.56. The first-order valence-electron chi connectivity index (χ1n) is 9.74. The molecule has 0 spiro atoms. The van der Waals surface area contributed by atoms with Crippen LogP contribution in [-0.4, -0.2) is 29.8 Å². The fourth-order valence-corrected chi connectivity index (χ4v) is 3.56. The Kier molecular flexibility index (Phi) is 5.42. The number of nitrogens with zero attached hydrogens (tertiary/aromatic N) is 3. The zero-order chi connectivity index (χ0) is 20.2. The van der Waals surface area contributed by atoms with E-state index in [0.29, 0.717) is 16.8 Å². The van der Waals surface area contributed by atoms with Crippen molar-refractivity contribution >= 4 is 17.8 Å². The van der Waals surface area contributed by atoms with E-state index in [2.05, 4.69) is 15.4 Å². The van der Waals surface area contributed by atoms with E-state index in [4.69, 9.17) is 0 Å². The number of carbonyl (C=O) groups excluding carboxylic acids is 1. The second-order valence-corrected chi connectivity index (χ2v) is 7.19. The van der Waals surface area contributed by atoms with Crippen LogP contribution in [0.2, 0.25) is 0 Å². The highest BCUT2D eigenvalue weighted by Gasteiger charge is 2.17. The quantitative estimate of drug-likeness (QED) is 0.522. The zero-order valence-corrected chi connectivity index (χ0v) is 16.3. The van der Waals surface area contributed by atoms with Crippen molar-refractivity contribution in [2.75, 3.05) is 18.0 Å². The molecule has 2 heterocycles. The van der Waals surface area contributed by atoms with Crippen LogP contribution >= 0.6 is 0 Å². The lowest BCUT2D eigenvalue weighted by Crippen LogP contribution is -2.19. The van der Waals surface area contributed by atoms with Gasteiger partial charge in [0.15, 0.2) is 0 Å². The maximum Gasteiger partial charge on any atom is 0.271 e. The maximum atomic E-state index is 14.5. The Hall–Kier alpha value is -3.41. The van der Waals surface area contributed by atoms with Crippen molar-refractivity contribution < 1.29 is 9.18 Å². The van der Waals surface area contributed by atoms with Crippen molar-refractivity contribution in [3.8, 4) is 5.69 Å². The molecule has 0 saturated carbocycles. The highest BCUT2D eigenvalue weighted by atomic mass is 19.1. The van der Waals surface area contributed by atoms with Crippen LogP contribution < -0.4 is 10.3 Å². The highest BCUT2D eigenvalue weighted by Crippen LogP contribution is 2.26. The number of nitrogens with one attached hydrogen (secondary N) is 1. The highest BCUT2D eigenvalue weighted by molar-refractivity contribution is 5.95. The molecule has 1 saturated heterocycles. The molecule has 0 radical (unpaired) electrons. The molecule has 1 N–H and O–H groups in total. The van der Waals surface area contributed by atoms with Crippen LogP contribution in [0.1, 0.15) is 34.3 Å². The third kappa shape index (κ3) is 4.21. The molecule has 1 aliphatic rings. The summed E-state index contributed by atoms with van der Waals surface area (Å²) in [5, 5.41) is 4.03. The summed E-state index contributed by atoms with van der Waals surface area (Å²) in [6.07, 6.45) is 7.51. The Morgan fingerprint density at radius 1 is 1.10 bits per heavy atom. The summed E-state index contributed by atoms with van der Waals surface area (Å²) in [5.41, 5.74) is 6.12. The Labute approximate surface area is 169 Å². The van der Waals surface area contributed by atoms with E-state index in [1.54, 1.807) is 12.1 Å². The molecule has 3 aromatic rings. The zero-order valence-electron chi connectivity index (χ0n) is 16.3. The van der Waals surface area contributed by atoms with Gasteiger partial charge in [0, 0.05) is 42.3 Å². The number of hydrogen-bond acceptors (Lipinski definition) is 3. The first kappa shape index (κ1) is 18.9. The number of aromatic nitrogens is 1. The Morgan fingerprint density at radius 2 is 1.86 bits per heavy atom. The fraction of sp³-hybridized carbons (Fsp3) is 0.217. The summed E-state index contributed by atoms with van der Waals surface area (Å²) in [7, 11) is 0. The molecule has 1 aromatic heterocycles. The van der Waals surface area contributed by atoms with Gasteiger partial charge in [-0.2, -0.15) is 5.10 Å². The number of amides is 1. The molecular weight excluding hydrogens is 367 g/mol. The summed E-state index contributed by atoms with van der Waals surface area (Å²) in [6.45, 7) is 3.70. The van der Waals surface area contributed by atoms with Gasteiger partial charge in [-0.25, -0.2) is 9.82 Å². The summed E-state index contributed by atoms with van der Waals surface area (Å²) in [6, 6.07) is 14.4. The molecule has 1 fully saturated rings. The van der Waals surface area contributed by atoms with Crippen molar-refractivity contribution in [1.82, 2.24) is 9.99 Å². The van der Waals surface area contributed by atoms with Gasteiger partial charge >= 0.3 is 0 Å². The average Bonchev–Trinajstić information content (AvgIpc) is 3.44. The van der Waals surface area contributed by atoms with Crippen LogP contribution in [0.5, 0.6) is 0 Å². The predicted octanol–water partition coefficient (Wildman–Crippen LogP) is 4.29. The van der Waals surface area contributed by atoms with Gasteiger partial charge in [0.05, 0.1) is 11.9 Å². The molecular formula is C23H23FN4O. The number of halogens is 1.